The maximum atomic E-state index is 4.41. The molecule has 104 valence electrons. The highest BCUT2D eigenvalue weighted by Gasteiger charge is 2.05. The molecule has 1 aromatic heterocycles. The fraction of sp³-hybridized carbons (Fsp3) is 0.118. The van der Waals surface area contributed by atoms with Crippen LogP contribution in [-0.2, 0) is 0 Å². The Kier molecular flexibility index (Phi) is 3.60. The number of nitrogens with zero attached hydrogens (tertiary/aromatic N) is 4. The largest absolute Gasteiger partial charge is 0.378 e. The summed E-state index contributed by atoms with van der Waals surface area (Å²) in [6.07, 6.45) is 1.76. The van der Waals surface area contributed by atoms with Crippen molar-refractivity contribution in [3.63, 3.8) is 0 Å². The van der Waals surface area contributed by atoms with E-state index in [1.807, 2.05) is 68.7 Å². The summed E-state index contributed by atoms with van der Waals surface area (Å²) in [5, 5.41) is 8.49. The Labute approximate surface area is 124 Å². The molecule has 21 heavy (non-hydrogen) atoms. The summed E-state index contributed by atoms with van der Waals surface area (Å²) in [7, 11) is 4.03. The summed E-state index contributed by atoms with van der Waals surface area (Å²) in [5.41, 5.74) is 3.91. The summed E-state index contributed by atoms with van der Waals surface area (Å²) in [5.74, 6) is 0.639. The number of rotatable bonds is 3. The molecule has 1 heterocycles. The fourth-order valence-corrected chi connectivity index (χ4v) is 2.06. The van der Waals surface area contributed by atoms with Gasteiger partial charge in [-0.1, -0.05) is 30.3 Å². The van der Waals surface area contributed by atoms with Crippen molar-refractivity contribution < 1.29 is 0 Å². The predicted molar refractivity (Wildman–Crippen MR) is 85.0 cm³/mol. The molecule has 4 nitrogen and oxygen atoms in total. The Bertz CT molecular complexity index is 704. The molecular weight excluding hydrogens is 260 g/mol. The first-order chi connectivity index (χ1) is 10.2. The third-order valence-electron chi connectivity index (χ3n) is 3.27. The number of aromatic nitrogens is 3. The molecule has 0 radical (unpaired) electrons. The lowest BCUT2D eigenvalue weighted by molar-refractivity contribution is 0.987. The van der Waals surface area contributed by atoms with Crippen molar-refractivity contribution >= 4 is 5.69 Å². The van der Waals surface area contributed by atoms with Gasteiger partial charge in [-0.2, -0.15) is 0 Å². The molecule has 4 heteroatoms. The SMILES string of the molecule is CN(C)c1ccc(-c2ncc(-c3ccccc3)nn2)cc1. The Balaban J connectivity index is 1.87. The average molecular weight is 276 g/mol. The fourth-order valence-electron chi connectivity index (χ4n) is 2.06. The molecule has 0 saturated heterocycles. The van der Waals surface area contributed by atoms with Crippen LogP contribution in [0.15, 0.2) is 60.8 Å². The van der Waals surface area contributed by atoms with Crippen LogP contribution in [0.4, 0.5) is 5.69 Å². The second-order valence-corrected chi connectivity index (χ2v) is 4.97. The quantitative estimate of drug-likeness (QED) is 0.736. The molecule has 2 aromatic carbocycles. The number of hydrogen-bond donors (Lipinski definition) is 0. The predicted octanol–water partition coefficient (Wildman–Crippen LogP) is 3.27. The highest BCUT2D eigenvalue weighted by Crippen LogP contribution is 2.20. The summed E-state index contributed by atoms with van der Waals surface area (Å²) >= 11 is 0. The van der Waals surface area contributed by atoms with Crippen LogP contribution in [0.5, 0.6) is 0 Å². The van der Waals surface area contributed by atoms with E-state index in [4.69, 9.17) is 0 Å². The molecule has 3 aromatic rings. The van der Waals surface area contributed by atoms with Gasteiger partial charge in [0.05, 0.1) is 6.20 Å². The monoisotopic (exact) mass is 276 g/mol. The van der Waals surface area contributed by atoms with E-state index in [9.17, 15) is 0 Å². The first-order valence-corrected chi connectivity index (χ1v) is 6.77. The number of hydrogen-bond acceptors (Lipinski definition) is 4. The van der Waals surface area contributed by atoms with Gasteiger partial charge in [0.25, 0.3) is 0 Å². The Morgan fingerprint density at radius 1 is 0.762 bits per heavy atom. The van der Waals surface area contributed by atoms with E-state index < -0.39 is 0 Å². The minimum Gasteiger partial charge on any atom is -0.378 e. The van der Waals surface area contributed by atoms with Crippen LogP contribution >= 0.6 is 0 Å². The number of anilines is 1. The minimum absolute atomic E-state index is 0.639. The lowest BCUT2D eigenvalue weighted by Gasteiger charge is -2.12. The zero-order valence-electron chi connectivity index (χ0n) is 12.1. The number of benzene rings is 2. The molecule has 0 fully saturated rings. The Morgan fingerprint density at radius 3 is 2.05 bits per heavy atom. The summed E-state index contributed by atoms with van der Waals surface area (Å²) in [6, 6.07) is 18.0. The zero-order valence-corrected chi connectivity index (χ0v) is 12.1. The van der Waals surface area contributed by atoms with Crippen molar-refractivity contribution in [1.82, 2.24) is 15.2 Å². The van der Waals surface area contributed by atoms with Gasteiger partial charge >= 0.3 is 0 Å². The van der Waals surface area contributed by atoms with Gasteiger partial charge in [0.1, 0.15) is 5.69 Å². The van der Waals surface area contributed by atoms with Crippen LogP contribution in [0, 0.1) is 0 Å². The lowest BCUT2D eigenvalue weighted by Crippen LogP contribution is -2.08. The maximum absolute atomic E-state index is 4.41. The maximum Gasteiger partial charge on any atom is 0.181 e. The van der Waals surface area contributed by atoms with Gasteiger partial charge in [-0.3, -0.25) is 0 Å². The molecule has 0 atom stereocenters. The molecular formula is C17H16N4. The van der Waals surface area contributed by atoms with E-state index in [0.29, 0.717) is 5.82 Å². The van der Waals surface area contributed by atoms with Crippen molar-refractivity contribution in [2.75, 3.05) is 19.0 Å². The van der Waals surface area contributed by atoms with Gasteiger partial charge in [0.15, 0.2) is 5.82 Å². The summed E-state index contributed by atoms with van der Waals surface area (Å²) in [4.78, 5) is 6.47. The van der Waals surface area contributed by atoms with Crippen molar-refractivity contribution in [1.29, 1.82) is 0 Å². The lowest BCUT2D eigenvalue weighted by atomic mass is 10.1. The van der Waals surface area contributed by atoms with E-state index in [2.05, 4.69) is 20.1 Å². The van der Waals surface area contributed by atoms with Crippen LogP contribution in [0.3, 0.4) is 0 Å². The van der Waals surface area contributed by atoms with E-state index in [1.54, 1.807) is 6.20 Å². The van der Waals surface area contributed by atoms with Gasteiger partial charge < -0.3 is 4.90 Å². The second-order valence-electron chi connectivity index (χ2n) is 4.97. The van der Waals surface area contributed by atoms with Crippen LogP contribution in [0.1, 0.15) is 0 Å². The summed E-state index contributed by atoms with van der Waals surface area (Å²) < 4.78 is 0. The first-order valence-electron chi connectivity index (χ1n) is 6.77. The minimum atomic E-state index is 0.639. The normalized spacial score (nSPS) is 10.4. The van der Waals surface area contributed by atoms with Crippen LogP contribution in [-0.4, -0.2) is 29.3 Å². The van der Waals surface area contributed by atoms with Crippen molar-refractivity contribution in [3.05, 3.63) is 60.8 Å². The standard InChI is InChI=1S/C17H16N4/c1-21(2)15-10-8-14(9-11-15)17-18-12-16(19-20-17)13-6-4-3-5-7-13/h3-12H,1-2H3. The van der Waals surface area contributed by atoms with Crippen molar-refractivity contribution in [2.24, 2.45) is 0 Å². The molecule has 0 amide bonds. The highest BCUT2D eigenvalue weighted by molar-refractivity contribution is 5.62. The molecule has 0 unspecified atom stereocenters. The van der Waals surface area contributed by atoms with Crippen LogP contribution in [0.25, 0.3) is 22.6 Å². The third-order valence-corrected chi connectivity index (χ3v) is 3.27. The summed E-state index contributed by atoms with van der Waals surface area (Å²) in [6.45, 7) is 0. The van der Waals surface area contributed by atoms with Gasteiger partial charge in [-0.05, 0) is 24.3 Å². The molecule has 3 rings (SSSR count). The van der Waals surface area contributed by atoms with Gasteiger partial charge in [-0.15, -0.1) is 10.2 Å². The van der Waals surface area contributed by atoms with Crippen molar-refractivity contribution in [2.45, 2.75) is 0 Å². The molecule has 0 spiro atoms. The Morgan fingerprint density at radius 2 is 1.48 bits per heavy atom. The van der Waals surface area contributed by atoms with Crippen LogP contribution in [0.2, 0.25) is 0 Å². The molecule has 0 aliphatic rings. The van der Waals surface area contributed by atoms with E-state index in [0.717, 1.165) is 22.5 Å². The molecule has 0 aliphatic heterocycles. The van der Waals surface area contributed by atoms with Gasteiger partial charge in [-0.25, -0.2) is 4.98 Å². The van der Waals surface area contributed by atoms with E-state index in [1.165, 1.54) is 0 Å². The van der Waals surface area contributed by atoms with E-state index in [-0.39, 0.29) is 0 Å². The van der Waals surface area contributed by atoms with Crippen LogP contribution < -0.4 is 4.90 Å². The van der Waals surface area contributed by atoms with Gasteiger partial charge in [0, 0.05) is 30.9 Å². The Hall–Kier alpha value is -2.75. The molecule has 0 aliphatic carbocycles. The average Bonchev–Trinajstić information content (AvgIpc) is 2.56. The third kappa shape index (κ3) is 2.89. The highest BCUT2D eigenvalue weighted by atomic mass is 15.2. The first kappa shape index (κ1) is 13.2. The molecule has 0 saturated carbocycles. The van der Waals surface area contributed by atoms with Gasteiger partial charge in [0.2, 0.25) is 0 Å². The van der Waals surface area contributed by atoms with Crippen molar-refractivity contribution in [3.8, 4) is 22.6 Å². The zero-order chi connectivity index (χ0) is 14.7. The molecule has 0 bridgehead atoms. The topological polar surface area (TPSA) is 41.9 Å². The molecule has 0 N–H and O–H groups in total. The van der Waals surface area contributed by atoms with E-state index >= 15 is 0 Å². The second kappa shape index (κ2) is 5.71. The smallest absolute Gasteiger partial charge is 0.181 e.